The molecule has 1 heterocycles. The van der Waals surface area contributed by atoms with E-state index in [0.717, 1.165) is 25.7 Å². The minimum Gasteiger partial charge on any atom is -0.277 e. The first kappa shape index (κ1) is 19.2. The SMILES string of the molecule is CCCCCCCC(C)(CCCCCC)N1C(=O)CCC1=O. The van der Waals surface area contributed by atoms with Gasteiger partial charge < -0.3 is 0 Å². The fraction of sp³-hybridized carbons (Fsp3) is 0.895. The van der Waals surface area contributed by atoms with Gasteiger partial charge in [0.25, 0.3) is 0 Å². The maximum absolute atomic E-state index is 12.2. The minimum absolute atomic E-state index is 0.0524. The standard InChI is InChI=1S/C19H35NO2/c1-4-6-8-10-12-16-19(3,15-11-9-7-5-2)20-17(21)13-14-18(20)22/h4-16H2,1-3H3. The van der Waals surface area contributed by atoms with Gasteiger partial charge in [-0.15, -0.1) is 0 Å². The van der Waals surface area contributed by atoms with E-state index in [1.54, 1.807) is 4.90 Å². The van der Waals surface area contributed by atoms with Crippen LogP contribution in [-0.4, -0.2) is 22.3 Å². The number of likely N-dealkylation sites (tertiary alicyclic amines) is 1. The quantitative estimate of drug-likeness (QED) is 0.366. The lowest BCUT2D eigenvalue weighted by Crippen LogP contribution is -2.49. The summed E-state index contributed by atoms with van der Waals surface area (Å²) in [6, 6.07) is 0. The molecule has 0 bridgehead atoms. The highest BCUT2D eigenvalue weighted by Crippen LogP contribution is 2.33. The number of amides is 2. The van der Waals surface area contributed by atoms with Crippen LogP contribution < -0.4 is 0 Å². The number of hydrogen-bond donors (Lipinski definition) is 0. The first-order chi connectivity index (χ1) is 10.5. The number of carbonyl (C=O) groups excluding carboxylic acids is 2. The van der Waals surface area contributed by atoms with Crippen LogP contribution in [0, 0.1) is 0 Å². The molecule has 1 atom stereocenters. The smallest absolute Gasteiger partial charge is 0.230 e. The Morgan fingerprint density at radius 2 is 1.18 bits per heavy atom. The van der Waals surface area contributed by atoms with Crippen molar-refractivity contribution in [2.24, 2.45) is 0 Å². The fourth-order valence-corrected chi connectivity index (χ4v) is 3.57. The second-order valence-electron chi connectivity index (χ2n) is 7.09. The molecule has 0 radical (unpaired) electrons. The fourth-order valence-electron chi connectivity index (χ4n) is 3.57. The lowest BCUT2D eigenvalue weighted by atomic mass is 9.86. The van der Waals surface area contributed by atoms with Crippen molar-refractivity contribution in [3.63, 3.8) is 0 Å². The minimum atomic E-state index is -0.245. The van der Waals surface area contributed by atoms with E-state index in [2.05, 4.69) is 20.8 Å². The summed E-state index contributed by atoms with van der Waals surface area (Å²) in [4.78, 5) is 25.9. The number of imide groups is 1. The summed E-state index contributed by atoms with van der Waals surface area (Å²) in [6.07, 6.45) is 13.7. The van der Waals surface area contributed by atoms with Crippen LogP contribution in [0.4, 0.5) is 0 Å². The number of carbonyl (C=O) groups is 2. The molecule has 0 aromatic heterocycles. The Balaban J connectivity index is 2.58. The molecular formula is C19H35NO2. The van der Waals surface area contributed by atoms with Crippen molar-refractivity contribution < 1.29 is 9.59 Å². The van der Waals surface area contributed by atoms with Gasteiger partial charge in [0.2, 0.25) is 11.8 Å². The van der Waals surface area contributed by atoms with E-state index in [1.807, 2.05) is 0 Å². The van der Waals surface area contributed by atoms with Crippen LogP contribution in [0.2, 0.25) is 0 Å². The van der Waals surface area contributed by atoms with Crippen LogP contribution in [0.15, 0.2) is 0 Å². The molecule has 2 amide bonds. The number of hydrogen-bond acceptors (Lipinski definition) is 2. The van der Waals surface area contributed by atoms with Crippen LogP contribution in [0.1, 0.15) is 104 Å². The summed E-state index contributed by atoms with van der Waals surface area (Å²) >= 11 is 0. The van der Waals surface area contributed by atoms with Crippen molar-refractivity contribution in [1.82, 2.24) is 4.90 Å². The lowest BCUT2D eigenvalue weighted by Gasteiger charge is -2.38. The highest BCUT2D eigenvalue weighted by atomic mass is 16.2. The van der Waals surface area contributed by atoms with E-state index in [-0.39, 0.29) is 17.4 Å². The summed E-state index contributed by atoms with van der Waals surface area (Å²) in [7, 11) is 0. The average molecular weight is 309 g/mol. The molecule has 1 unspecified atom stereocenters. The zero-order valence-electron chi connectivity index (χ0n) is 15.0. The predicted molar refractivity (Wildman–Crippen MR) is 91.6 cm³/mol. The maximum atomic E-state index is 12.2. The monoisotopic (exact) mass is 309 g/mol. The van der Waals surface area contributed by atoms with Gasteiger partial charge in [-0.3, -0.25) is 14.5 Å². The maximum Gasteiger partial charge on any atom is 0.230 e. The molecule has 1 aliphatic rings. The Morgan fingerprint density at radius 1 is 0.773 bits per heavy atom. The number of rotatable bonds is 12. The highest BCUT2D eigenvalue weighted by molar-refractivity contribution is 6.02. The second kappa shape index (κ2) is 10.0. The molecule has 128 valence electrons. The van der Waals surface area contributed by atoms with Crippen LogP contribution in [0.25, 0.3) is 0 Å². The third-order valence-corrected chi connectivity index (χ3v) is 4.98. The van der Waals surface area contributed by atoms with Gasteiger partial charge >= 0.3 is 0 Å². The lowest BCUT2D eigenvalue weighted by molar-refractivity contribution is -0.145. The Morgan fingerprint density at radius 3 is 1.64 bits per heavy atom. The van der Waals surface area contributed by atoms with Crippen molar-refractivity contribution >= 4 is 11.8 Å². The normalized spacial score (nSPS) is 18.0. The molecule has 1 rings (SSSR count). The first-order valence-corrected chi connectivity index (χ1v) is 9.41. The molecule has 0 saturated carbocycles. The van der Waals surface area contributed by atoms with Crippen LogP contribution in [-0.2, 0) is 9.59 Å². The third-order valence-electron chi connectivity index (χ3n) is 4.98. The second-order valence-corrected chi connectivity index (χ2v) is 7.09. The van der Waals surface area contributed by atoms with Crippen LogP contribution >= 0.6 is 0 Å². The largest absolute Gasteiger partial charge is 0.277 e. The number of unbranched alkanes of at least 4 members (excludes halogenated alkanes) is 7. The van der Waals surface area contributed by atoms with Gasteiger partial charge in [0.15, 0.2) is 0 Å². The van der Waals surface area contributed by atoms with Gasteiger partial charge in [0.05, 0.1) is 0 Å². The zero-order valence-corrected chi connectivity index (χ0v) is 15.0. The summed E-state index contributed by atoms with van der Waals surface area (Å²) in [5.74, 6) is 0.105. The molecule has 0 aromatic carbocycles. The van der Waals surface area contributed by atoms with Crippen molar-refractivity contribution in [1.29, 1.82) is 0 Å². The van der Waals surface area contributed by atoms with E-state index >= 15 is 0 Å². The van der Waals surface area contributed by atoms with Crippen molar-refractivity contribution in [3.8, 4) is 0 Å². The van der Waals surface area contributed by atoms with Gasteiger partial charge in [-0.2, -0.15) is 0 Å². The summed E-state index contributed by atoms with van der Waals surface area (Å²) in [5, 5.41) is 0. The molecule has 3 heteroatoms. The van der Waals surface area contributed by atoms with Gasteiger partial charge in [0, 0.05) is 18.4 Å². The average Bonchev–Trinajstić information content (AvgIpc) is 2.83. The molecule has 1 aliphatic heterocycles. The molecule has 0 spiro atoms. The highest BCUT2D eigenvalue weighted by Gasteiger charge is 2.42. The van der Waals surface area contributed by atoms with Gasteiger partial charge in [-0.25, -0.2) is 0 Å². The molecule has 0 aliphatic carbocycles. The molecule has 1 saturated heterocycles. The van der Waals surface area contributed by atoms with Crippen LogP contribution in [0.5, 0.6) is 0 Å². The molecule has 3 nitrogen and oxygen atoms in total. The predicted octanol–water partition coefficient (Wildman–Crippen LogP) is 5.23. The van der Waals surface area contributed by atoms with E-state index in [9.17, 15) is 9.59 Å². The molecule has 1 fully saturated rings. The van der Waals surface area contributed by atoms with Gasteiger partial charge in [-0.05, 0) is 19.8 Å². The summed E-state index contributed by atoms with van der Waals surface area (Å²) < 4.78 is 0. The third kappa shape index (κ3) is 5.73. The number of nitrogens with zero attached hydrogens (tertiary/aromatic N) is 1. The van der Waals surface area contributed by atoms with Gasteiger partial charge in [-0.1, -0.05) is 71.6 Å². The zero-order chi connectivity index (χ0) is 16.4. The first-order valence-electron chi connectivity index (χ1n) is 9.41. The summed E-state index contributed by atoms with van der Waals surface area (Å²) in [5.41, 5.74) is -0.245. The van der Waals surface area contributed by atoms with E-state index < -0.39 is 0 Å². The summed E-state index contributed by atoms with van der Waals surface area (Å²) in [6.45, 7) is 6.57. The van der Waals surface area contributed by atoms with E-state index in [4.69, 9.17) is 0 Å². The molecule has 22 heavy (non-hydrogen) atoms. The Kier molecular flexibility index (Phi) is 8.74. The van der Waals surface area contributed by atoms with E-state index in [1.165, 1.54) is 44.9 Å². The molecule has 0 N–H and O–H groups in total. The molecule has 0 aromatic rings. The molecular weight excluding hydrogens is 274 g/mol. The van der Waals surface area contributed by atoms with E-state index in [0.29, 0.717) is 12.8 Å². The van der Waals surface area contributed by atoms with Crippen LogP contribution in [0.3, 0.4) is 0 Å². The Hall–Kier alpha value is -0.860. The Labute approximate surface area is 136 Å². The Bertz CT molecular complexity index is 337. The van der Waals surface area contributed by atoms with Gasteiger partial charge in [0.1, 0.15) is 0 Å². The topological polar surface area (TPSA) is 37.4 Å². The van der Waals surface area contributed by atoms with Crippen molar-refractivity contribution in [2.75, 3.05) is 0 Å². The van der Waals surface area contributed by atoms with Crippen molar-refractivity contribution in [3.05, 3.63) is 0 Å². The van der Waals surface area contributed by atoms with Crippen molar-refractivity contribution in [2.45, 2.75) is 110 Å².